The molecule has 1 atom stereocenters. The van der Waals surface area contributed by atoms with E-state index in [-0.39, 0.29) is 11.6 Å². The van der Waals surface area contributed by atoms with Crippen molar-refractivity contribution in [3.05, 3.63) is 129 Å². The number of thioether (sulfide) groups is 1. The third-order valence-electron chi connectivity index (χ3n) is 5.59. The van der Waals surface area contributed by atoms with Crippen molar-refractivity contribution < 1.29 is 14.4 Å². The van der Waals surface area contributed by atoms with Gasteiger partial charge >= 0.3 is 0 Å². The molecular formula is C31H25BrClN3O3S. The van der Waals surface area contributed by atoms with Crippen LogP contribution in [0.5, 0.6) is 0 Å². The molecule has 0 saturated carbocycles. The Bertz CT molecular complexity index is 1560. The highest BCUT2D eigenvalue weighted by molar-refractivity contribution is 9.10. The number of amides is 3. The number of halogens is 2. The molecule has 202 valence electrons. The summed E-state index contributed by atoms with van der Waals surface area (Å²) in [5.41, 5.74) is 2.33. The van der Waals surface area contributed by atoms with Gasteiger partial charge in [0.1, 0.15) is 5.70 Å². The van der Waals surface area contributed by atoms with Crippen molar-refractivity contribution in [1.82, 2.24) is 5.32 Å². The highest BCUT2D eigenvalue weighted by Crippen LogP contribution is 2.28. The Kier molecular flexibility index (Phi) is 10.2. The van der Waals surface area contributed by atoms with E-state index in [0.29, 0.717) is 27.5 Å². The molecule has 4 aromatic rings. The van der Waals surface area contributed by atoms with Crippen molar-refractivity contribution in [3.63, 3.8) is 0 Å². The fourth-order valence-corrected chi connectivity index (χ4v) is 5.11. The number of hydrogen-bond acceptors (Lipinski definition) is 4. The molecule has 0 fully saturated rings. The van der Waals surface area contributed by atoms with Crippen LogP contribution in [0.3, 0.4) is 0 Å². The fourth-order valence-electron chi connectivity index (χ4n) is 3.61. The number of benzene rings is 4. The molecule has 6 nitrogen and oxygen atoms in total. The van der Waals surface area contributed by atoms with E-state index in [0.717, 1.165) is 9.37 Å². The molecule has 40 heavy (non-hydrogen) atoms. The van der Waals surface area contributed by atoms with Gasteiger partial charge in [-0.1, -0.05) is 60.1 Å². The van der Waals surface area contributed by atoms with Crippen LogP contribution < -0.4 is 16.0 Å². The van der Waals surface area contributed by atoms with E-state index in [4.69, 9.17) is 11.6 Å². The molecule has 0 saturated heterocycles. The van der Waals surface area contributed by atoms with E-state index in [1.54, 1.807) is 72.8 Å². The van der Waals surface area contributed by atoms with E-state index in [9.17, 15) is 14.4 Å². The van der Waals surface area contributed by atoms with Crippen molar-refractivity contribution in [2.75, 3.05) is 10.6 Å². The molecule has 0 aromatic heterocycles. The lowest BCUT2D eigenvalue weighted by Crippen LogP contribution is -2.30. The number of carbonyl (C=O) groups excluding carboxylic acids is 3. The summed E-state index contributed by atoms with van der Waals surface area (Å²) in [6, 6.07) is 30.2. The molecule has 3 amide bonds. The lowest BCUT2D eigenvalue weighted by Gasteiger charge is -2.14. The van der Waals surface area contributed by atoms with Crippen LogP contribution in [-0.2, 0) is 9.59 Å². The Morgan fingerprint density at radius 1 is 0.850 bits per heavy atom. The first kappa shape index (κ1) is 29.1. The van der Waals surface area contributed by atoms with Crippen molar-refractivity contribution >= 4 is 74.5 Å². The topological polar surface area (TPSA) is 87.3 Å². The van der Waals surface area contributed by atoms with Crippen LogP contribution in [-0.4, -0.2) is 23.0 Å². The van der Waals surface area contributed by atoms with Gasteiger partial charge in [-0.25, -0.2) is 0 Å². The molecule has 0 radical (unpaired) electrons. The van der Waals surface area contributed by atoms with E-state index >= 15 is 0 Å². The second-order valence-corrected chi connectivity index (χ2v) is 11.3. The van der Waals surface area contributed by atoms with Crippen LogP contribution >= 0.6 is 39.3 Å². The summed E-state index contributed by atoms with van der Waals surface area (Å²) in [6.07, 6.45) is 1.56. The van der Waals surface area contributed by atoms with E-state index in [2.05, 4.69) is 31.9 Å². The second kappa shape index (κ2) is 14.0. The minimum absolute atomic E-state index is 0.0513. The third-order valence-corrected chi connectivity index (χ3v) is 7.61. The van der Waals surface area contributed by atoms with Gasteiger partial charge in [-0.15, -0.1) is 11.8 Å². The lowest BCUT2D eigenvalue weighted by atomic mass is 10.1. The van der Waals surface area contributed by atoms with Crippen molar-refractivity contribution in [2.45, 2.75) is 17.1 Å². The molecule has 4 aromatic carbocycles. The molecule has 0 spiro atoms. The first-order valence-electron chi connectivity index (χ1n) is 12.3. The maximum absolute atomic E-state index is 13.3. The molecule has 4 rings (SSSR count). The Morgan fingerprint density at radius 3 is 2.33 bits per heavy atom. The lowest BCUT2D eigenvalue weighted by molar-refractivity contribution is -0.115. The summed E-state index contributed by atoms with van der Waals surface area (Å²) in [4.78, 5) is 39.8. The molecule has 0 aliphatic carbocycles. The standard InChI is InChI=1S/C31H25BrClN3O3S/c1-20(29(37)35-27-16-6-5-15-26(27)32)40-25-14-8-13-24(19-25)34-31(39)28(18-21-9-7-12-23(33)17-21)36-30(38)22-10-3-2-4-11-22/h2-20H,1H3,(H,34,39)(H,35,37)(H,36,38)/b28-18-. The Hall–Kier alpha value is -3.85. The summed E-state index contributed by atoms with van der Waals surface area (Å²) in [7, 11) is 0. The molecule has 0 aliphatic rings. The van der Waals surface area contributed by atoms with E-state index < -0.39 is 17.1 Å². The zero-order chi connectivity index (χ0) is 28.5. The average molecular weight is 635 g/mol. The highest BCUT2D eigenvalue weighted by Gasteiger charge is 2.18. The van der Waals surface area contributed by atoms with Gasteiger partial charge in [-0.2, -0.15) is 0 Å². The number of nitrogens with one attached hydrogen (secondary N) is 3. The molecule has 3 N–H and O–H groups in total. The first-order valence-corrected chi connectivity index (χ1v) is 14.3. The summed E-state index contributed by atoms with van der Waals surface area (Å²) in [5.74, 6) is -1.08. The van der Waals surface area contributed by atoms with Crippen LogP contribution in [0.2, 0.25) is 5.02 Å². The van der Waals surface area contributed by atoms with E-state index in [1.165, 1.54) is 11.8 Å². The van der Waals surface area contributed by atoms with Crippen LogP contribution in [0.15, 0.2) is 118 Å². The second-order valence-electron chi connectivity index (χ2n) is 8.64. The first-order chi connectivity index (χ1) is 19.3. The minimum Gasteiger partial charge on any atom is -0.324 e. The maximum Gasteiger partial charge on any atom is 0.272 e. The fraction of sp³-hybridized carbons (Fsp3) is 0.0645. The zero-order valence-electron chi connectivity index (χ0n) is 21.4. The zero-order valence-corrected chi connectivity index (χ0v) is 24.5. The number of rotatable bonds is 9. The monoisotopic (exact) mass is 633 g/mol. The minimum atomic E-state index is -0.508. The smallest absolute Gasteiger partial charge is 0.272 e. The maximum atomic E-state index is 13.3. The van der Waals surface area contributed by atoms with Gasteiger partial charge in [0, 0.05) is 25.6 Å². The molecule has 0 aliphatic heterocycles. The number of anilines is 2. The Balaban J connectivity index is 1.48. The van der Waals surface area contributed by atoms with Crippen LogP contribution in [0.1, 0.15) is 22.8 Å². The predicted molar refractivity (Wildman–Crippen MR) is 166 cm³/mol. The quantitative estimate of drug-likeness (QED) is 0.131. The van der Waals surface area contributed by atoms with Gasteiger partial charge < -0.3 is 16.0 Å². The SMILES string of the molecule is CC(Sc1cccc(NC(=O)/C(=C/c2cccc(Cl)c2)NC(=O)c2ccccc2)c1)C(=O)Nc1ccccc1Br. The third kappa shape index (κ3) is 8.32. The Morgan fingerprint density at radius 2 is 1.57 bits per heavy atom. The molecule has 9 heteroatoms. The van der Waals surface area contributed by atoms with Crippen LogP contribution in [0.4, 0.5) is 11.4 Å². The van der Waals surface area contributed by atoms with Gasteiger partial charge in [0.2, 0.25) is 5.91 Å². The Labute approximate surface area is 250 Å². The van der Waals surface area contributed by atoms with Crippen LogP contribution in [0.25, 0.3) is 6.08 Å². The summed E-state index contributed by atoms with van der Waals surface area (Å²) < 4.78 is 0.797. The summed E-state index contributed by atoms with van der Waals surface area (Å²) in [5, 5.41) is 8.59. The molecular weight excluding hydrogens is 610 g/mol. The van der Waals surface area contributed by atoms with Crippen molar-refractivity contribution in [3.8, 4) is 0 Å². The molecule has 1 unspecified atom stereocenters. The predicted octanol–water partition coefficient (Wildman–Crippen LogP) is 7.63. The van der Waals surface area contributed by atoms with Gasteiger partial charge in [0.15, 0.2) is 0 Å². The van der Waals surface area contributed by atoms with Crippen LogP contribution in [0, 0.1) is 0 Å². The number of para-hydroxylation sites is 1. The van der Waals surface area contributed by atoms with Crippen molar-refractivity contribution in [2.24, 2.45) is 0 Å². The highest BCUT2D eigenvalue weighted by atomic mass is 79.9. The van der Waals surface area contributed by atoms with Gasteiger partial charge in [-0.3, -0.25) is 14.4 Å². The van der Waals surface area contributed by atoms with E-state index in [1.807, 2.05) is 43.3 Å². The average Bonchev–Trinajstić information content (AvgIpc) is 2.94. The normalized spacial score (nSPS) is 11.8. The summed E-state index contributed by atoms with van der Waals surface area (Å²) >= 11 is 10.9. The van der Waals surface area contributed by atoms with Gasteiger partial charge in [0.25, 0.3) is 11.8 Å². The van der Waals surface area contributed by atoms with Gasteiger partial charge in [-0.05, 0) is 89.1 Å². The van der Waals surface area contributed by atoms with Gasteiger partial charge in [0.05, 0.1) is 10.9 Å². The number of hydrogen-bond donors (Lipinski definition) is 3. The molecule has 0 bridgehead atoms. The summed E-state index contributed by atoms with van der Waals surface area (Å²) in [6.45, 7) is 1.81. The number of carbonyl (C=O) groups is 3. The molecule has 0 heterocycles. The van der Waals surface area contributed by atoms with Crippen molar-refractivity contribution in [1.29, 1.82) is 0 Å². The largest absolute Gasteiger partial charge is 0.324 e.